The van der Waals surface area contributed by atoms with E-state index in [1.807, 2.05) is 67.6 Å². The van der Waals surface area contributed by atoms with Crippen molar-refractivity contribution in [2.75, 3.05) is 37.7 Å². The van der Waals surface area contributed by atoms with E-state index in [1.165, 1.54) is 0 Å². The zero-order chi connectivity index (χ0) is 23.8. The Morgan fingerprint density at radius 1 is 0.971 bits per heavy atom. The predicted octanol–water partition coefficient (Wildman–Crippen LogP) is 5.17. The van der Waals surface area contributed by atoms with Gasteiger partial charge in [-0.1, -0.05) is 48.5 Å². The summed E-state index contributed by atoms with van der Waals surface area (Å²) in [5.41, 5.74) is 1.92. The van der Waals surface area contributed by atoms with Crippen molar-refractivity contribution in [3.05, 3.63) is 66.2 Å². The summed E-state index contributed by atoms with van der Waals surface area (Å²) in [5, 5.41) is 0. The van der Waals surface area contributed by atoms with Gasteiger partial charge in [0.2, 0.25) is 0 Å². The van der Waals surface area contributed by atoms with Crippen LogP contribution >= 0.6 is 0 Å². The molecule has 0 spiro atoms. The van der Waals surface area contributed by atoms with Gasteiger partial charge in [-0.3, -0.25) is 9.69 Å². The molecule has 2 aromatic rings. The summed E-state index contributed by atoms with van der Waals surface area (Å²) in [6.45, 7) is 6.96. The highest BCUT2D eigenvalue weighted by Crippen LogP contribution is 2.36. The Morgan fingerprint density at radius 2 is 1.65 bits per heavy atom. The lowest BCUT2D eigenvalue weighted by Crippen LogP contribution is -2.65. The van der Waals surface area contributed by atoms with E-state index in [1.54, 1.807) is 4.90 Å². The quantitative estimate of drug-likeness (QED) is 0.276. The van der Waals surface area contributed by atoms with Gasteiger partial charge in [-0.05, 0) is 37.5 Å². The van der Waals surface area contributed by atoms with Crippen molar-refractivity contribution in [1.82, 2.24) is 0 Å². The maximum Gasteiger partial charge on any atom is 0.415 e. The molecule has 182 valence electrons. The molecule has 6 heteroatoms. The van der Waals surface area contributed by atoms with E-state index < -0.39 is 0 Å². The Balaban J connectivity index is 1.38. The van der Waals surface area contributed by atoms with Crippen molar-refractivity contribution in [3.8, 4) is 0 Å². The van der Waals surface area contributed by atoms with Crippen LogP contribution in [0.15, 0.2) is 60.7 Å². The maximum atomic E-state index is 13.4. The van der Waals surface area contributed by atoms with Crippen molar-refractivity contribution in [2.24, 2.45) is 5.92 Å². The van der Waals surface area contributed by atoms with Crippen molar-refractivity contribution >= 4 is 17.7 Å². The molecule has 3 heterocycles. The van der Waals surface area contributed by atoms with Crippen molar-refractivity contribution < 1.29 is 23.5 Å². The number of hydrogen-bond donors (Lipinski definition) is 0. The van der Waals surface area contributed by atoms with Gasteiger partial charge in [0.05, 0.1) is 32.8 Å². The average molecular weight is 466 g/mol. The van der Waals surface area contributed by atoms with E-state index in [4.69, 9.17) is 9.47 Å². The number of esters is 1. The molecule has 1 amide bonds. The standard InChI is InChI=1S/C28H37N2O4/c1-2-33-27(31)15-9-10-18-30-19-16-24(17-20-30)26(22-30)34-28(32)29(25-13-7-4-8-14-25)21-23-11-5-3-6-12-23/h3-8,11-14,24,26H,2,9-10,15-22H2,1H3/q+1/t24?,26-,30?/m0/s1. The molecule has 1 atom stereocenters. The number of unbranched alkanes of at least 4 members (excludes halogenated alkanes) is 1. The van der Waals surface area contributed by atoms with Gasteiger partial charge in [0, 0.05) is 30.9 Å². The highest BCUT2D eigenvalue weighted by molar-refractivity contribution is 5.87. The number of carbonyl (C=O) groups is 2. The number of piperidine rings is 3. The number of nitrogens with zero attached hydrogens (tertiary/aromatic N) is 2. The SMILES string of the molecule is CCOC(=O)CCCC[N+]12CCC(CC1)[C@@H](OC(=O)N(Cc1ccccc1)c1ccccc1)C2. The number of fused-ring (bicyclic) bond motifs is 3. The summed E-state index contributed by atoms with van der Waals surface area (Å²) in [6, 6.07) is 19.8. The molecule has 0 aromatic heterocycles. The molecule has 3 fully saturated rings. The average Bonchev–Trinajstić information content (AvgIpc) is 2.87. The number of ether oxygens (including phenoxy) is 2. The summed E-state index contributed by atoms with van der Waals surface area (Å²) in [4.78, 5) is 26.8. The van der Waals surface area contributed by atoms with E-state index in [0.717, 1.165) is 67.6 Å². The van der Waals surface area contributed by atoms with E-state index in [9.17, 15) is 9.59 Å². The molecule has 0 saturated carbocycles. The Morgan fingerprint density at radius 3 is 2.32 bits per heavy atom. The minimum absolute atomic E-state index is 0.0537. The monoisotopic (exact) mass is 465 g/mol. The summed E-state index contributed by atoms with van der Waals surface area (Å²) in [6.07, 6.45) is 4.20. The topological polar surface area (TPSA) is 55.8 Å². The lowest BCUT2D eigenvalue weighted by atomic mass is 9.83. The first-order valence-electron chi connectivity index (χ1n) is 12.7. The van der Waals surface area contributed by atoms with Gasteiger partial charge >= 0.3 is 12.1 Å². The molecule has 0 aliphatic carbocycles. The van der Waals surface area contributed by atoms with Crippen LogP contribution in [0.3, 0.4) is 0 Å². The van der Waals surface area contributed by atoms with Crippen LogP contribution in [0.1, 0.15) is 44.6 Å². The van der Waals surface area contributed by atoms with Crippen LogP contribution in [0.2, 0.25) is 0 Å². The minimum atomic E-state index is -0.269. The molecule has 34 heavy (non-hydrogen) atoms. The number of quaternary nitrogens is 1. The highest BCUT2D eigenvalue weighted by Gasteiger charge is 2.47. The number of para-hydroxylation sites is 1. The number of amides is 1. The second kappa shape index (κ2) is 11.5. The largest absolute Gasteiger partial charge is 0.466 e. The van der Waals surface area contributed by atoms with Crippen molar-refractivity contribution in [3.63, 3.8) is 0 Å². The molecule has 0 unspecified atom stereocenters. The van der Waals surface area contributed by atoms with Gasteiger partial charge in [-0.2, -0.15) is 0 Å². The second-order valence-corrected chi connectivity index (χ2v) is 9.62. The summed E-state index contributed by atoms with van der Waals surface area (Å²) < 4.78 is 12.3. The third-order valence-corrected chi connectivity index (χ3v) is 7.33. The van der Waals surface area contributed by atoms with E-state index in [0.29, 0.717) is 25.5 Å². The first-order chi connectivity index (χ1) is 16.6. The molecule has 3 saturated heterocycles. The number of anilines is 1. The minimum Gasteiger partial charge on any atom is -0.466 e. The highest BCUT2D eigenvalue weighted by atomic mass is 16.6. The van der Waals surface area contributed by atoms with Gasteiger partial charge in [0.15, 0.2) is 6.10 Å². The van der Waals surface area contributed by atoms with E-state index in [2.05, 4.69) is 0 Å². The molecular weight excluding hydrogens is 428 g/mol. The first-order valence-corrected chi connectivity index (χ1v) is 12.7. The molecule has 6 nitrogen and oxygen atoms in total. The predicted molar refractivity (Wildman–Crippen MR) is 132 cm³/mol. The van der Waals surface area contributed by atoms with Crippen LogP contribution in [0.25, 0.3) is 0 Å². The van der Waals surface area contributed by atoms with Gasteiger partial charge in [-0.25, -0.2) is 4.79 Å². The van der Waals surface area contributed by atoms with Gasteiger partial charge in [-0.15, -0.1) is 0 Å². The number of hydrogen-bond acceptors (Lipinski definition) is 4. The zero-order valence-electron chi connectivity index (χ0n) is 20.2. The molecule has 5 rings (SSSR count). The second-order valence-electron chi connectivity index (χ2n) is 9.62. The molecule has 0 N–H and O–H groups in total. The molecular formula is C28H37N2O4+. The fourth-order valence-electron chi connectivity index (χ4n) is 5.45. The van der Waals surface area contributed by atoms with E-state index in [-0.39, 0.29) is 18.2 Å². The Labute approximate surface area is 203 Å². The van der Waals surface area contributed by atoms with Crippen LogP contribution in [0.5, 0.6) is 0 Å². The van der Waals surface area contributed by atoms with Crippen molar-refractivity contribution in [1.29, 1.82) is 0 Å². The van der Waals surface area contributed by atoms with Gasteiger partial charge in [0.1, 0.15) is 6.54 Å². The smallest absolute Gasteiger partial charge is 0.415 e. The third-order valence-electron chi connectivity index (χ3n) is 7.33. The van der Waals surface area contributed by atoms with Crippen LogP contribution in [0, 0.1) is 5.92 Å². The van der Waals surface area contributed by atoms with Crippen LogP contribution < -0.4 is 4.90 Å². The molecule has 0 radical (unpaired) electrons. The molecule has 2 bridgehead atoms. The Hall–Kier alpha value is -2.86. The first kappa shape index (κ1) is 24.3. The summed E-state index contributed by atoms with van der Waals surface area (Å²) >= 11 is 0. The fraction of sp³-hybridized carbons (Fsp3) is 0.500. The van der Waals surface area contributed by atoms with Crippen LogP contribution in [0.4, 0.5) is 10.5 Å². The molecule has 3 aliphatic rings. The fourth-order valence-corrected chi connectivity index (χ4v) is 5.45. The molecule has 2 aromatic carbocycles. The number of rotatable bonds is 10. The number of carbonyl (C=O) groups excluding carboxylic acids is 2. The maximum absolute atomic E-state index is 13.4. The zero-order valence-corrected chi connectivity index (χ0v) is 20.2. The van der Waals surface area contributed by atoms with Crippen molar-refractivity contribution in [2.45, 2.75) is 51.7 Å². The Kier molecular flexibility index (Phi) is 8.22. The third kappa shape index (κ3) is 6.17. The van der Waals surface area contributed by atoms with Crippen LogP contribution in [-0.2, 0) is 20.8 Å². The summed E-state index contributed by atoms with van der Waals surface area (Å²) in [7, 11) is 0. The lowest BCUT2D eigenvalue weighted by molar-refractivity contribution is -0.946. The normalized spacial score (nSPS) is 23.3. The van der Waals surface area contributed by atoms with Gasteiger partial charge in [0.25, 0.3) is 0 Å². The number of benzene rings is 2. The molecule has 3 aliphatic heterocycles. The van der Waals surface area contributed by atoms with E-state index >= 15 is 0 Å². The van der Waals surface area contributed by atoms with Gasteiger partial charge < -0.3 is 14.0 Å². The lowest BCUT2D eigenvalue weighted by Gasteiger charge is -2.52. The summed E-state index contributed by atoms with van der Waals surface area (Å²) in [5.74, 6) is 0.337. The van der Waals surface area contributed by atoms with Crippen LogP contribution in [-0.4, -0.2) is 55.4 Å². The Bertz CT molecular complexity index is 926.